The minimum atomic E-state index is -3.60. The number of benzene rings is 4. The van der Waals surface area contributed by atoms with Gasteiger partial charge in [-0.05, 0) is 39.5 Å². The van der Waals surface area contributed by atoms with Crippen LogP contribution in [0, 0.1) is 5.92 Å². The van der Waals surface area contributed by atoms with Crippen LogP contribution in [0.5, 0.6) is 0 Å². The van der Waals surface area contributed by atoms with E-state index in [4.69, 9.17) is 18.6 Å². The summed E-state index contributed by atoms with van der Waals surface area (Å²) in [6, 6.07) is 39.6. The van der Waals surface area contributed by atoms with Gasteiger partial charge >= 0.3 is 0 Å². The molecule has 0 spiro atoms. The molecule has 0 unspecified atom stereocenters. The van der Waals surface area contributed by atoms with E-state index in [-0.39, 0.29) is 10.8 Å². The number of ether oxygens (including phenoxy) is 3. The molecular formula is C38H46O6SSi. The SMILES string of the molecule is CO[C@@H]1[C@@H](CS(=O)(=O)c2ccccc2)[C@H](CCO[Si](c2ccccc2)(c2ccccc2)C(C)(C)C)O[C@@H]1COCc1ccccc1. The number of hydrogen-bond acceptors (Lipinski definition) is 6. The Kier molecular flexibility index (Phi) is 11.3. The van der Waals surface area contributed by atoms with Gasteiger partial charge < -0.3 is 18.6 Å². The molecule has 0 bridgehead atoms. The van der Waals surface area contributed by atoms with Gasteiger partial charge in [0.25, 0.3) is 8.32 Å². The Morgan fingerprint density at radius 3 is 1.78 bits per heavy atom. The molecule has 0 N–H and O–H groups in total. The molecule has 1 aliphatic rings. The lowest BCUT2D eigenvalue weighted by Crippen LogP contribution is -2.66. The summed E-state index contributed by atoms with van der Waals surface area (Å²) >= 11 is 0. The van der Waals surface area contributed by atoms with Crippen LogP contribution < -0.4 is 10.4 Å². The highest BCUT2D eigenvalue weighted by Gasteiger charge is 2.51. The fourth-order valence-electron chi connectivity index (χ4n) is 6.77. The molecule has 0 aliphatic carbocycles. The molecule has 0 radical (unpaired) electrons. The lowest BCUT2D eigenvalue weighted by Gasteiger charge is -2.43. The topological polar surface area (TPSA) is 71.1 Å². The molecule has 6 nitrogen and oxygen atoms in total. The van der Waals surface area contributed by atoms with Crippen molar-refractivity contribution in [3.63, 3.8) is 0 Å². The molecule has 1 saturated heterocycles. The minimum Gasteiger partial charge on any atom is -0.407 e. The maximum Gasteiger partial charge on any atom is 0.261 e. The van der Waals surface area contributed by atoms with E-state index in [1.807, 2.05) is 48.5 Å². The first-order valence-electron chi connectivity index (χ1n) is 16.0. The second-order valence-corrected chi connectivity index (χ2v) is 19.3. The summed E-state index contributed by atoms with van der Waals surface area (Å²) in [6.07, 6.45) is -0.740. The van der Waals surface area contributed by atoms with Crippen LogP contribution in [0.3, 0.4) is 0 Å². The van der Waals surface area contributed by atoms with Crippen molar-refractivity contribution >= 4 is 28.5 Å². The van der Waals surface area contributed by atoms with Gasteiger partial charge in [-0.15, -0.1) is 0 Å². The summed E-state index contributed by atoms with van der Waals surface area (Å²) in [5.41, 5.74) is 1.06. The van der Waals surface area contributed by atoms with Crippen molar-refractivity contribution in [2.45, 2.75) is 62.0 Å². The minimum absolute atomic E-state index is 0.0887. The maximum absolute atomic E-state index is 13.7. The highest BCUT2D eigenvalue weighted by molar-refractivity contribution is 7.91. The molecule has 8 heteroatoms. The van der Waals surface area contributed by atoms with Gasteiger partial charge in [-0.2, -0.15) is 0 Å². The third kappa shape index (κ3) is 7.70. The van der Waals surface area contributed by atoms with E-state index in [0.717, 1.165) is 5.56 Å². The van der Waals surface area contributed by atoms with Crippen LogP contribution in [-0.4, -0.2) is 61.1 Å². The van der Waals surface area contributed by atoms with Crippen molar-refractivity contribution in [1.82, 2.24) is 0 Å². The number of methoxy groups -OCH3 is 1. The number of sulfone groups is 1. The summed E-state index contributed by atoms with van der Waals surface area (Å²) in [5.74, 6) is -0.488. The molecule has 4 atom stereocenters. The molecule has 1 heterocycles. The van der Waals surface area contributed by atoms with Crippen molar-refractivity contribution < 1.29 is 27.1 Å². The molecule has 46 heavy (non-hydrogen) atoms. The van der Waals surface area contributed by atoms with Crippen molar-refractivity contribution in [3.05, 3.63) is 127 Å². The first-order chi connectivity index (χ1) is 22.2. The summed E-state index contributed by atoms with van der Waals surface area (Å²) in [6.45, 7) is 7.89. The average Bonchev–Trinajstić information content (AvgIpc) is 3.39. The zero-order valence-electron chi connectivity index (χ0n) is 27.2. The monoisotopic (exact) mass is 658 g/mol. The lowest BCUT2D eigenvalue weighted by atomic mass is 9.96. The second-order valence-electron chi connectivity index (χ2n) is 13.0. The zero-order valence-corrected chi connectivity index (χ0v) is 29.1. The van der Waals surface area contributed by atoms with Gasteiger partial charge in [0.05, 0.1) is 36.1 Å². The van der Waals surface area contributed by atoms with Crippen LogP contribution in [0.25, 0.3) is 0 Å². The normalized spacial score (nSPS) is 20.5. The van der Waals surface area contributed by atoms with Crippen LogP contribution in [0.2, 0.25) is 5.04 Å². The fraction of sp³-hybridized carbons (Fsp3) is 0.368. The van der Waals surface area contributed by atoms with Crippen LogP contribution >= 0.6 is 0 Å². The third-order valence-electron chi connectivity index (χ3n) is 8.93. The molecule has 1 fully saturated rings. The van der Waals surface area contributed by atoms with E-state index in [1.165, 1.54) is 10.4 Å². The molecule has 244 valence electrons. The molecule has 0 saturated carbocycles. The number of hydrogen-bond donors (Lipinski definition) is 0. The van der Waals surface area contributed by atoms with E-state index in [0.29, 0.717) is 31.1 Å². The van der Waals surface area contributed by atoms with Crippen LogP contribution in [0.1, 0.15) is 32.8 Å². The van der Waals surface area contributed by atoms with E-state index in [9.17, 15) is 8.42 Å². The van der Waals surface area contributed by atoms with Crippen LogP contribution in [-0.2, 0) is 35.1 Å². The summed E-state index contributed by atoms with van der Waals surface area (Å²) in [7, 11) is -4.75. The van der Waals surface area contributed by atoms with E-state index in [2.05, 4.69) is 69.3 Å². The van der Waals surface area contributed by atoms with Crippen molar-refractivity contribution in [1.29, 1.82) is 0 Å². The molecule has 5 rings (SSSR count). The van der Waals surface area contributed by atoms with Gasteiger partial charge in [0.2, 0.25) is 0 Å². The Hall–Kier alpha value is -3.11. The van der Waals surface area contributed by atoms with E-state index >= 15 is 0 Å². The highest BCUT2D eigenvalue weighted by Crippen LogP contribution is 2.38. The Labute approximate surface area is 275 Å². The highest BCUT2D eigenvalue weighted by atomic mass is 32.2. The van der Waals surface area contributed by atoms with Gasteiger partial charge in [0.15, 0.2) is 9.84 Å². The Bertz CT molecular complexity index is 1560. The van der Waals surface area contributed by atoms with Gasteiger partial charge in [-0.1, -0.05) is 130 Å². The smallest absolute Gasteiger partial charge is 0.261 e. The predicted molar refractivity (Wildman–Crippen MR) is 186 cm³/mol. The van der Waals surface area contributed by atoms with Gasteiger partial charge in [-0.3, -0.25) is 0 Å². The Morgan fingerprint density at radius 1 is 0.739 bits per heavy atom. The summed E-state index contributed by atoms with van der Waals surface area (Å²) in [4.78, 5) is 0.302. The zero-order chi connectivity index (χ0) is 32.6. The van der Waals surface area contributed by atoms with Crippen molar-refractivity contribution in [2.24, 2.45) is 5.92 Å². The third-order valence-corrected chi connectivity index (χ3v) is 15.8. The fourth-order valence-corrected chi connectivity index (χ4v) is 13.0. The average molecular weight is 659 g/mol. The molecular weight excluding hydrogens is 613 g/mol. The molecule has 4 aromatic carbocycles. The Morgan fingerprint density at radius 2 is 1.26 bits per heavy atom. The van der Waals surface area contributed by atoms with E-state index in [1.54, 1.807) is 31.4 Å². The van der Waals surface area contributed by atoms with Crippen molar-refractivity contribution in [2.75, 3.05) is 26.1 Å². The predicted octanol–water partition coefficient (Wildman–Crippen LogP) is 6.04. The standard InChI is InChI=1S/C38H46O6SSi/c1-38(2,3)46(32-21-13-7-14-22-32,33-23-15-8-16-24-33)43-26-25-35-34(29-45(39,40)31-19-11-6-12-20-31)37(41-4)36(44-35)28-42-27-30-17-9-5-10-18-30/h5-24,34-37H,25-29H2,1-4H3/t34-,35-,36+,37+/m0/s1. The number of rotatable bonds is 14. The quantitative estimate of drug-likeness (QED) is 0.154. The van der Waals surface area contributed by atoms with Crippen molar-refractivity contribution in [3.8, 4) is 0 Å². The molecule has 4 aromatic rings. The Balaban J connectivity index is 1.40. The molecule has 1 aliphatic heterocycles. The van der Waals surface area contributed by atoms with Gasteiger partial charge in [0, 0.05) is 19.6 Å². The first kappa shape index (κ1) is 34.2. The van der Waals surface area contributed by atoms with E-state index < -0.39 is 42.4 Å². The van der Waals surface area contributed by atoms with Crippen LogP contribution in [0.15, 0.2) is 126 Å². The maximum atomic E-state index is 13.7. The first-order valence-corrected chi connectivity index (χ1v) is 19.5. The second kappa shape index (κ2) is 15.2. The molecule has 0 aromatic heterocycles. The lowest BCUT2D eigenvalue weighted by molar-refractivity contribution is -0.0600. The van der Waals surface area contributed by atoms with Gasteiger partial charge in [-0.25, -0.2) is 8.42 Å². The van der Waals surface area contributed by atoms with Crippen LogP contribution in [0.4, 0.5) is 0 Å². The largest absolute Gasteiger partial charge is 0.407 e. The summed E-state index contributed by atoms with van der Waals surface area (Å²) < 4.78 is 53.2. The summed E-state index contributed by atoms with van der Waals surface area (Å²) in [5, 5.41) is 2.22. The van der Waals surface area contributed by atoms with Gasteiger partial charge in [0.1, 0.15) is 6.10 Å². The molecule has 0 amide bonds.